The minimum atomic E-state index is -1.05. The fraction of sp³-hybridized carbons (Fsp3) is 0.200. The lowest BCUT2D eigenvalue weighted by molar-refractivity contribution is -0.116. The summed E-state index contributed by atoms with van der Waals surface area (Å²) in [5.74, 6) is -1.41. The summed E-state index contributed by atoms with van der Waals surface area (Å²) in [5, 5.41) is 30.5. The smallest absolute Gasteiger partial charge is 0.335 e. The number of anilines is 2. The van der Waals surface area contributed by atoms with Gasteiger partial charge in [-0.05, 0) is 49.2 Å². The molecule has 1 atom stereocenters. The quantitative estimate of drug-likeness (QED) is 0.365. The van der Waals surface area contributed by atoms with E-state index in [1.165, 1.54) is 53.6 Å². The summed E-state index contributed by atoms with van der Waals surface area (Å²) in [6.45, 7) is 0. The number of carbonyl (C=O) groups excluding carboxylic acids is 2. The molecule has 1 aromatic carbocycles. The fourth-order valence-electron chi connectivity index (χ4n) is 4.42. The number of nitrogens with two attached hydrogens (primary N) is 1. The maximum atomic E-state index is 13.1. The number of furan rings is 1. The summed E-state index contributed by atoms with van der Waals surface area (Å²) in [6, 6.07) is 11.4. The summed E-state index contributed by atoms with van der Waals surface area (Å²) in [6.07, 6.45) is 3.08. The van der Waals surface area contributed by atoms with Crippen LogP contribution in [0.15, 0.2) is 74.1 Å². The highest BCUT2D eigenvalue weighted by atomic mass is 32.2. The van der Waals surface area contributed by atoms with Gasteiger partial charge in [-0.25, -0.2) is 4.79 Å². The first-order valence-electron chi connectivity index (χ1n) is 11.5. The Labute approximate surface area is 224 Å². The molecule has 2 aromatic heterocycles. The van der Waals surface area contributed by atoms with Crippen molar-refractivity contribution in [3.8, 4) is 6.07 Å². The lowest BCUT2D eigenvalue weighted by Gasteiger charge is -2.37. The Kier molecular flexibility index (Phi) is 6.99. The molecule has 1 aliphatic carbocycles. The number of carboxylic acid groups (broad SMARTS) is 1. The molecule has 0 bridgehead atoms. The Hall–Kier alpha value is -4.41. The van der Waals surface area contributed by atoms with Crippen molar-refractivity contribution in [2.45, 2.75) is 29.5 Å². The summed E-state index contributed by atoms with van der Waals surface area (Å²) >= 11 is 2.36. The number of aromatic carboxylic acids is 1. The molecule has 5 rings (SSSR count). The third-order valence-corrected chi connectivity index (χ3v) is 8.11. The van der Waals surface area contributed by atoms with E-state index in [0.29, 0.717) is 51.5 Å². The molecule has 11 nitrogen and oxygen atoms in total. The molecule has 0 spiro atoms. The number of rotatable bonds is 7. The van der Waals surface area contributed by atoms with Crippen LogP contribution in [0.2, 0.25) is 0 Å². The number of nitrogens with zero attached hydrogens (tertiary/aromatic N) is 4. The Bertz CT molecular complexity index is 1520. The molecule has 1 amide bonds. The number of allylic oxidation sites excluding steroid dienone is 3. The number of hydrogen-bond acceptors (Lipinski definition) is 11. The minimum absolute atomic E-state index is 0.0388. The summed E-state index contributed by atoms with van der Waals surface area (Å²) in [5.41, 5.74) is 8.44. The first-order valence-corrected chi connectivity index (χ1v) is 13.3. The van der Waals surface area contributed by atoms with Gasteiger partial charge in [-0.3, -0.25) is 14.5 Å². The SMILES string of the molecule is N#CC1=C(N)N(c2nnc(SCC(=O)Nc3ccc(C(=O)O)cc3)s2)C2=C(C(=O)CCC2)C1c1ccco1. The Balaban J connectivity index is 1.35. The molecular formula is C25H20N6O5S2. The van der Waals surface area contributed by atoms with E-state index in [1.807, 2.05) is 0 Å². The zero-order chi connectivity index (χ0) is 26.8. The topological polar surface area (TPSA) is 175 Å². The van der Waals surface area contributed by atoms with E-state index >= 15 is 0 Å². The highest BCUT2D eigenvalue weighted by molar-refractivity contribution is 8.01. The highest BCUT2D eigenvalue weighted by Gasteiger charge is 2.42. The first-order chi connectivity index (χ1) is 18.4. The number of carbonyl (C=O) groups is 3. The Morgan fingerprint density at radius 2 is 2.05 bits per heavy atom. The summed E-state index contributed by atoms with van der Waals surface area (Å²) < 4.78 is 6.07. The summed E-state index contributed by atoms with van der Waals surface area (Å²) in [4.78, 5) is 38.0. The van der Waals surface area contributed by atoms with Crippen molar-refractivity contribution < 1.29 is 23.9 Å². The van der Waals surface area contributed by atoms with Crippen LogP contribution in [0, 0.1) is 11.3 Å². The van der Waals surface area contributed by atoms with Crippen LogP contribution in [0.5, 0.6) is 0 Å². The molecule has 3 heterocycles. The lowest BCUT2D eigenvalue weighted by Crippen LogP contribution is -2.38. The number of carboxylic acids is 1. The van der Waals surface area contributed by atoms with E-state index in [4.69, 9.17) is 15.3 Å². The zero-order valence-electron chi connectivity index (χ0n) is 19.7. The maximum absolute atomic E-state index is 13.1. The molecule has 192 valence electrons. The van der Waals surface area contributed by atoms with E-state index in [-0.39, 0.29) is 34.4 Å². The number of Topliss-reactive ketones (excluding diaryl/α,β-unsaturated/α-hetero) is 1. The number of amides is 1. The minimum Gasteiger partial charge on any atom is -0.478 e. The van der Waals surface area contributed by atoms with Gasteiger partial charge in [0.2, 0.25) is 11.0 Å². The zero-order valence-corrected chi connectivity index (χ0v) is 21.3. The number of nitriles is 1. The predicted octanol–water partition coefficient (Wildman–Crippen LogP) is 3.86. The normalized spacial score (nSPS) is 17.3. The number of nitrogens with one attached hydrogen (secondary N) is 1. The number of aromatic nitrogens is 2. The predicted molar refractivity (Wildman–Crippen MR) is 139 cm³/mol. The molecule has 13 heteroatoms. The van der Waals surface area contributed by atoms with Gasteiger partial charge in [0.1, 0.15) is 11.6 Å². The third-order valence-electron chi connectivity index (χ3n) is 6.07. The van der Waals surface area contributed by atoms with Crippen molar-refractivity contribution in [3.63, 3.8) is 0 Å². The van der Waals surface area contributed by atoms with Crippen LogP contribution >= 0.6 is 23.1 Å². The van der Waals surface area contributed by atoms with E-state index in [9.17, 15) is 19.6 Å². The monoisotopic (exact) mass is 548 g/mol. The largest absolute Gasteiger partial charge is 0.478 e. The standard InChI is InChI=1S/C25H20N6O5S2/c26-11-15-20(18-5-2-10-36-18)21-16(3-1-4-17(21)32)31(22(15)27)24-29-30-25(38-24)37-12-19(33)28-14-8-6-13(7-9-14)23(34)35/h2,5-10,20H,1,3-4,12,27H2,(H,28,33)(H,34,35). The second-order valence-corrected chi connectivity index (χ2v) is 10.6. The van der Waals surface area contributed by atoms with Crippen molar-refractivity contribution in [3.05, 3.63) is 76.6 Å². The number of hydrogen-bond donors (Lipinski definition) is 3. The molecule has 0 saturated heterocycles. The molecule has 4 N–H and O–H groups in total. The van der Waals surface area contributed by atoms with Crippen molar-refractivity contribution >= 4 is 51.6 Å². The highest BCUT2D eigenvalue weighted by Crippen LogP contribution is 2.47. The number of thioether (sulfide) groups is 1. The Morgan fingerprint density at radius 1 is 1.26 bits per heavy atom. The molecule has 0 fully saturated rings. The van der Waals surface area contributed by atoms with E-state index in [1.54, 1.807) is 17.0 Å². The van der Waals surface area contributed by atoms with Crippen LogP contribution < -0.4 is 16.0 Å². The van der Waals surface area contributed by atoms with E-state index < -0.39 is 11.9 Å². The van der Waals surface area contributed by atoms with Gasteiger partial charge < -0.3 is 20.6 Å². The van der Waals surface area contributed by atoms with Crippen LogP contribution in [0.3, 0.4) is 0 Å². The van der Waals surface area contributed by atoms with Gasteiger partial charge in [-0.2, -0.15) is 5.26 Å². The second kappa shape index (κ2) is 10.5. The average molecular weight is 549 g/mol. The number of benzene rings is 1. The molecule has 2 aliphatic rings. The van der Waals surface area contributed by atoms with Gasteiger partial charge in [0.05, 0.1) is 35.1 Å². The van der Waals surface area contributed by atoms with Gasteiger partial charge >= 0.3 is 5.97 Å². The molecule has 38 heavy (non-hydrogen) atoms. The molecule has 0 radical (unpaired) electrons. The molecule has 0 saturated carbocycles. The maximum Gasteiger partial charge on any atom is 0.335 e. The van der Waals surface area contributed by atoms with Gasteiger partial charge in [-0.15, -0.1) is 10.2 Å². The second-order valence-electron chi connectivity index (χ2n) is 8.40. The van der Waals surface area contributed by atoms with Crippen molar-refractivity contribution in [2.24, 2.45) is 5.73 Å². The van der Waals surface area contributed by atoms with Crippen LogP contribution in [0.1, 0.15) is 41.3 Å². The third kappa shape index (κ3) is 4.79. The van der Waals surface area contributed by atoms with E-state index in [2.05, 4.69) is 21.6 Å². The number of ketones is 1. The fourth-order valence-corrected chi connectivity index (χ4v) is 6.10. The van der Waals surface area contributed by atoms with E-state index in [0.717, 1.165) is 0 Å². The van der Waals surface area contributed by atoms with Crippen LogP contribution in [0.25, 0.3) is 0 Å². The van der Waals surface area contributed by atoms with Gasteiger partial charge in [0, 0.05) is 23.4 Å². The molecule has 3 aromatic rings. The summed E-state index contributed by atoms with van der Waals surface area (Å²) in [7, 11) is 0. The van der Waals surface area contributed by atoms with Gasteiger partial charge in [-0.1, -0.05) is 23.1 Å². The molecule has 1 unspecified atom stereocenters. The lowest BCUT2D eigenvalue weighted by atomic mass is 9.78. The van der Waals surface area contributed by atoms with Gasteiger partial charge in [0.15, 0.2) is 10.1 Å². The Morgan fingerprint density at radius 3 is 2.74 bits per heavy atom. The average Bonchev–Trinajstić information content (AvgIpc) is 3.60. The van der Waals surface area contributed by atoms with Crippen molar-refractivity contribution in [2.75, 3.05) is 16.0 Å². The van der Waals surface area contributed by atoms with Crippen molar-refractivity contribution in [1.82, 2.24) is 10.2 Å². The van der Waals surface area contributed by atoms with Crippen LogP contribution in [0.4, 0.5) is 10.8 Å². The molecular weight excluding hydrogens is 528 g/mol. The first kappa shape index (κ1) is 25.2. The van der Waals surface area contributed by atoms with Crippen molar-refractivity contribution in [1.29, 1.82) is 5.26 Å². The van der Waals surface area contributed by atoms with Crippen LogP contribution in [-0.4, -0.2) is 38.7 Å². The van der Waals surface area contributed by atoms with Gasteiger partial charge in [0.25, 0.3) is 0 Å². The molecule has 1 aliphatic heterocycles. The van der Waals surface area contributed by atoms with Crippen LogP contribution in [-0.2, 0) is 9.59 Å².